The Morgan fingerprint density at radius 1 is 1.10 bits per heavy atom. The van der Waals surface area contributed by atoms with E-state index >= 15 is 0 Å². The maximum atomic E-state index is 5.40. The average molecular weight is 263 g/mol. The fourth-order valence-electron chi connectivity index (χ4n) is 2.68. The molecule has 2 heterocycles. The van der Waals surface area contributed by atoms with E-state index in [1.807, 2.05) is 37.4 Å². The van der Waals surface area contributed by atoms with E-state index in [4.69, 9.17) is 9.40 Å². The summed E-state index contributed by atoms with van der Waals surface area (Å²) in [6.45, 7) is 2.07. The monoisotopic (exact) mass is 263 g/mol. The molecule has 0 aliphatic carbocycles. The van der Waals surface area contributed by atoms with Gasteiger partial charge in [0.1, 0.15) is 11.3 Å². The van der Waals surface area contributed by atoms with E-state index < -0.39 is 0 Å². The Morgan fingerprint density at radius 2 is 1.95 bits per heavy atom. The summed E-state index contributed by atoms with van der Waals surface area (Å²) in [5.41, 5.74) is 5.94. The Balaban J connectivity index is 2.13. The molecule has 0 saturated heterocycles. The number of hydrogen-bond donors (Lipinski definition) is 0. The lowest BCUT2D eigenvalue weighted by molar-refractivity contribution is 0.602. The van der Waals surface area contributed by atoms with Crippen molar-refractivity contribution in [1.29, 1.82) is 0 Å². The molecule has 0 aliphatic rings. The Bertz CT molecular complexity index is 933. The van der Waals surface area contributed by atoms with Gasteiger partial charge in [-0.05, 0) is 30.7 Å². The first-order valence-electron chi connectivity index (χ1n) is 6.50. The number of aromatic nitrogens is 3. The molecule has 20 heavy (non-hydrogen) atoms. The van der Waals surface area contributed by atoms with Crippen molar-refractivity contribution in [2.45, 2.75) is 6.92 Å². The second-order valence-corrected chi connectivity index (χ2v) is 4.94. The van der Waals surface area contributed by atoms with Crippen molar-refractivity contribution in [1.82, 2.24) is 14.5 Å². The van der Waals surface area contributed by atoms with Crippen molar-refractivity contribution < 1.29 is 4.42 Å². The minimum atomic E-state index is 0.789. The molecule has 4 aromatic rings. The van der Waals surface area contributed by atoms with Gasteiger partial charge in [0.05, 0.1) is 11.0 Å². The normalized spacial score (nSPS) is 11.5. The summed E-state index contributed by atoms with van der Waals surface area (Å²) < 4.78 is 7.50. The minimum Gasteiger partial charge on any atom is -0.443 e. The molecule has 2 aromatic carbocycles. The van der Waals surface area contributed by atoms with Gasteiger partial charge in [-0.2, -0.15) is 0 Å². The molecule has 4 nitrogen and oxygen atoms in total. The molecule has 2 aromatic heterocycles. The number of para-hydroxylation sites is 2. The zero-order chi connectivity index (χ0) is 13.7. The highest BCUT2D eigenvalue weighted by Gasteiger charge is 2.16. The highest BCUT2D eigenvalue weighted by Crippen LogP contribution is 2.32. The van der Waals surface area contributed by atoms with Crippen LogP contribution in [0, 0.1) is 6.92 Å². The van der Waals surface area contributed by atoms with E-state index in [2.05, 4.69) is 22.5 Å². The Kier molecular flexibility index (Phi) is 2.21. The largest absolute Gasteiger partial charge is 0.443 e. The number of aryl methyl sites for hydroxylation is 2. The molecule has 4 heteroatoms. The third kappa shape index (κ3) is 1.42. The van der Waals surface area contributed by atoms with Crippen LogP contribution < -0.4 is 0 Å². The first-order chi connectivity index (χ1) is 9.75. The van der Waals surface area contributed by atoms with E-state index in [1.54, 1.807) is 0 Å². The van der Waals surface area contributed by atoms with Crippen molar-refractivity contribution in [2.24, 2.45) is 7.05 Å². The van der Waals surface area contributed by atoms with E-state index in [0.29, 0.717) is 0 Å². The first kappa shape index (κ1) is 11.2. The quantitative estimate of drug-likeness (QED) is 0.526. The predicted molar refractivity (Wildman–Crippen MR) is 78.5 cm³/mol. The zero-order valence-electron chi connectivity index (χ0n) is 11.3. The summed E-state index contributed by atoms with van der Waals surface area (Å²) in [6.07, 6.45) is 1.48. The highest BCUT2D eigenvalue weighted by molar-refractivity contribution is 5.93. The van der Waals surface area contributed by atoms with Gasteiger partial charge in [-0.3, -0.25) is 0 Å². The molecule has 0 bridgehead atoms. The van der Waals surface area contributed by atoms with Crippen LogP contribution in [-0.4, -0.2) is 14.5 Å². The standard InChI is InChI=1S/C16H13N3O/c1-10-7-8-13-15(17-9-20-13)14(10)16-18-11-5-3-4-6-12(11)19(16)2/h3-9H,1-2H3. The van der Waals surface area contributed by atoms with Gasteiger partial charge in [-0.1, -0.05) is 18.2 Å². The van der Waals surface area contributed by atoms with Gasteiger partial charge >= 0.3 is 0 Å². The Morgan fingerprint density at radius 3 is 2.80 bits per heavy atom. The van der Waals surface area contributed by atoms with Gasteiger partial charge < -0.3 is 8.98 Å². The van der Waals surface area contributed by atoms with Crippen molar-refractivity contribution in [3.63, 3.8) is 0 Å². The summed E-state index contributed by atoms with van der Waals surface area (Å²) in [6, 6.07) is 12.1. The summed E-state index contributed by atoms with van der Waals surface area (Å²) in [5.74, 6) is 0.920. The fourth-order valence-corrected chi connectivity index (χ4v) is 2.68. The summed E-state index contributed by atoms with van der Waals surface area (Å²) >= 11 is 0. The molecule has 4 rings (SSSR count). The smallest absolute Gasteiger partial charge is 0.182 e. The summed E-state index contributed by atoms with van der Waals surface area (Å²) in [7, 11) is 2.03. The van der Waals surface area contributed by atoms with E-state index in [1.165, 1.54) is 6.39 Å². The molecule has 0 N–H and O–H groups in total. The summed E-state index contributed by atoms with van der Waals surface area (Å²) in [5, 5.41) is 0. The van der Waals surface area contributed by atoms with Crippen LogP contribution in [0.2, 0.25) is 0 Å². The van der Waals surface area contributed by atoms with Gasteiger partial charge in [0, 0.05) is 12.6 Å². The second kappa shape index (κ2) is 3.93. The molecule has 0 radical (unpaired) electrons. The SMILES string of the molecule is Cc1ccc2ocnc2c1-c1nc2ccccc2n1C. The molecule has 0 saturated carbocycles. The van der Waals surface area contributed by atoms with Crippen molar-refractivity contribution in [3.8, 4) is 11.4 Å². The Hall–Kier alpha value is -2.62. The van der Waals surface area contributed by atoms with Gasteiger partial charge in [0.15, 0.2) is 12.0 Å². The van der Waals surface area contributed by atoms with Gasteiger partial charge in [-0.25, -0.2) is 9.97 Å². The van der Waals surface area contributed by atoms with Crippen molar-refractivity contribution >= 4 is 22.1 Å². The van der Waals surface area contributed by atoms with Crippen LogP contribution in [0.1, 0.15) is 5.56 Å². The highest BCUT2D eigenvalue weighted by atomic mass is 16.3. The number of oxazole rings is 1. The lowest BCUT2D eigenvalue weighted by atomic mass is 10.1. The number of hydrogen-bond acceptors (Lipinski definition) is 3. The molecule has 0 atom stereocenters. The predicted octanol–water partition coefficient (Wildman–Crippen LogP) is 3.69. The lowest BCUT2D eigenvalue weighted by Gasteiger charge is -2.06. The average Bonchev–Trinajstić information content (AvgIpc) is 3.05. The van der Waals surface area contributed by atoms with Crippen molar-refractivity contribution in [2.75, 3.05) is 0 Å². The Labute approximate surface area is 115 Å². The van der Waals surface area contributed by atoms with Crippen LogP contribution in [0.25, 0.3) is 33.5 Å². The minimum absolute atomic E-state index is 0.789. The summed E-state index contributed by atoms with van der Waals surface area (Å²) in [4.78, 5) is 9.10. The van der Waals surface area contributed by atoms with Crippen LogP contribution in [0.4, 0.5) is 0 Å². The van der Waals surface area contributed by atoms with Gasteiger partial charge in [-0.15, -0.1) is 0 Å². The van der Waals surface area contributed by atoms with E-state index in [-0.39, 0.29) is 0 Å². The fraction of sp³-hybridized carbons (Fsp3) is 0.125. The molecule has 0 spiro atoms. The molecular weight excluding hydrogens is 250 g/mol. The van der Waals surface area contributed by atoms with Crippen LogP contribution in [0.5, 0.6) is 0 Å². The third-order valence-electron chi connectivity index (χ3n) is 3.72. The van der Waals surface area contributed by atoms with E-state index in [0.717, 1.165) is 39.1 Å². The molecule has 98 valence electrons. The maximum Gasteiger partial charge on any atom is 0.182 e. The third-order valence-corrected chi connectivity index (χ3v) is 3.72. The van der Waals surface area contributed by atoms with Crippen molar-refractivity contribution in [3.05, 3.63) is 48.4 Å². The van der Waals surface area contributed by atoms with Gasteiger partial charge in [0.25, 0.3) is 0 Å². The topological polar surface area (TPSA) is 43.9 Å². The second-order valence-electron chi connectivity index (χ2n) is 4.94. The van der Waals surface area contributed by atoms with Gasteiger partial charge in [0.2, 0.25) is 0 Å². The molecule has 0 unspecified atom stereocenters. The van der Waals surface area contributed by atoms with Crippen LogP contribution in [0.15, 0.2) is 47.2 Å². The molecule has 0 fully saturated rings. The number of fused-ring (bicyclic) bond motifs is 2. The van der Waals surface area contributed by atoms with Crippen LogP contribution >= 0.6 is 0 Å². The number of nitrogens with zero attached hydrogens (tertiary/aromatic N) is 3. The maximum absolute atomic E-state index is 5.40. The van der Waals surface area contributed by atoms with Crippen LogP contribution in [0.3, 0.4) is 0 Å². The van der Waals surface area contributed by atoms with Crippen LogP contribution in [-0.2, 0) is 7.05 Å². The molecule has 0 aliphatic heterocycles. The lowest BCUT2D eigenvalue weighted by Crippen LogP contribution is -1.95. The number of benzene rings is 2. The zero-order valence-corrected chi connectivity index (χ0v) is 11.3. The number of imidazole rings is 1. The molecular formula is C16H13N3O. The molecule has 0 amide bonds. The van der Waals surface area contributed by atoms with E-state index in [9.17, 15) is 0 Å². The number of rotatable bonds is 1. The first-order valence-corrected chi connectivity index (χ1v) is 6.50.